The zero-order valence-corrected chi connectivity index (χ0v) is 11.6. The molecule has 0 radical (unpaired) electrons. The maximum absolute atomic E-state index is 12.3. The van der Waals surface area contributed by atoms with E-state index in [4.69, 9.17) is 0 Å². The van der Waals surface area contributed by atoms with Crippen molar-refractivity contribution in [2.24, 2.45) is 5.92 Å². The lowest BCUT2D eigenvalue weighted by molar-refractivity contribution is -0.134. The van der Waals surface area contributed by atoms with Crippen LogP contribution in [0.5, 0.6) is 0 Å². The van der Waals surface area contributed by atoms with Gasteiger partial charge in [-0.3, -0.25) is 4.79 Å². The number of carbonyl (C=O) groups excluding carboxylic acids is 1. The van der Waals surface area contributed by atoms with Crippen molar-refractivity contribution in [1.82, 2.24) is 10.2 Å². The Hall–Kier alpha value is -0.280. The summed E-state index contributed by atoms with van der Waals surface area (Å²) < 4.78 is 0. The number of hydrogen-bond acceptors (Lipinski definition) is 2. The summed E-state index contributed by atoms with van der Waals surface area (Å²) in [7, 11) is 0. The zero-order chi connectivity index (χ0) is 11.4. The Morgan fingerprint density at radius 3 is 2.59 bits per heavy atom. The molecule has 1 N–H and O–H groups in total. The van der Waals surface area contributed by atoms with E-state index in [9.17, 15) is 4.79 Å². The second-order valence-corrected chi connectivity index (χ2v) is 5.23. The summed E-state index contributed by atoms with van der Waals surface area (Å²) in [5, 5.41) is 3.36. The molecule has 1 saturated carbocycles. The summed E-state index contributed by atoms with van der Waals surface area (Å²) in [6.45, 7) is 5.11. The van der Waals surface area contributed by atoms with E-state index in [1.54, 1.807) is 0 Å². The largest absolute Gasteiger partial charge is 0.341 e. The molecule has 0 aromatic heterocycles. The number of piperidine rings is 1. The average molecular weight is 261 g/mol. The van der Waals surface area contributed by atoms with Crippen LogP contribution in [0.3, 0.4) is 0 Å². The fourth-order valence-corrected chi connectivity index (χ4v) is 2.46. The van der Waals surface area contributed by atoms with Crippen LogP contribution in [0.25, 0.3) is 0 Å². The summed E-state index contributed by atoms with van der Waals surface area (Å²) in [6.07, 6.45) is 7.18. The second-order valence-electron chi connectivity index (χ2n) is 5.23. The normalized spacial score (nSPS) is 23.9. The van der Waals surface area contributed by atoms with Crippen LogP contribution in [0.1, 0.15) is 45.4 Å². The first-order valence-corrected chi connectivity index (χ1v) is 6.83. The third kappa shape index (κ3) is 4.47. The van der Waals surface area contributed by atoms with Crippen LogP contribution in [0.4, 0.5) is 0 Å². The number of rotatable bonds is 5. The smallest absolute Gasteiger partial charge is 0.239 e. The van der Waals surface area contributed by atoms with Gasteiger partial charge in [-0.1, -0.05) is 13.3 Å². The van der Waals surface area contributed by atoms with E-state index < -0.39 is 0 Å². The molecule has 2 fully saturated rings. The van der Waals surface area contributed by atoms with Crippen LogP contribution < -0.4 is 5.32 Å². The van der Waals surface area contributed by atoms with Crippen molar-refractivity contribution >= 4 is 18.3 Å². The molecule has 1 aliphatic heterocycles. The van der Waals surface area contributed by atoms with Gasteiger partial charge in [0.2, 0.25) is 5.91 Å². The Morgan fingerprint density at radius 1 is 1.29 bits per heavy atom. The first-order chi connectivity index (χ1) is 7.81. The van der Waals surface area contributed by atoms with Gasteiger partial charge >= 0.3 is 0 Å². The first-order valence-electron chi connectivity index (χ1n) is 6.83. The lowest BCUT2D eigenvalue weighted by atomic mass is 10.0. The lowest BCUT2D eigenvalue weighted by Crippen LogP contribution is -2.49. The molecule has 3 nitrogen and oxygen atoms in total. The fourth-order valence-electron chi connectivity index (χ4n) is 2.46. The molecule has 1 atom stereocenters. The molecule has 17 heavy (non-hydrogen) atoms. The SMILES string of the molecule is CCCN(CC1CC1)C(=O)C1CCCCN1.Cl. The lowest BCUT2D eigenvalue weighted by Gasteiger charge is -2.30. The second kappa shape index (κ2) is 7.22. The molecule has 1 saturated heterocycles. The number of nitrogens with one attached hydrogen (secondary N) is 1. The summed E-state index contributed by atoms with van der Waals surface area (Å²) in [4.78, 5) is 14.4. The third-order valence-electron chi connectivity index (χ3n) is 3.59. The van der Waals surface area contributed by atoms with Crippen LogP contribution in [0.2, 0.25) is 0 Å². The Labute approximate surface area is 111 Å². The highest BCUT2D eigenvalue weighted by Crippen LogP contribution is 2.30. The summed E-state index contributed by atoms with van der Waals surface area (Å²) in [5.41, 5.74) is 0. The van der Waals surface area contributed by atoms with Crippen molar-refractivity contribution < 1.29 is 4.79 Å². The minimum atomic E-state index is 0. The molecule has 1 heterocycles. The van der Waals surface area contributed by atoms with E-state index in [0.29, 0.717) is 5.91 Å². The number of nitrogens with zero attached hydrogens (tertiary/aromatic N) is 1. The van der Waals surface area contributed by atoms with Gasteiger partial charge in [0.15, 0.2) is 0 Å². The van der Waals surface area contributed by atoms with E-state index in [1.807, 2.05) is 0 Å². The Balaban J connectivity index is 0.00000144. The highest BCUT2D eigenvalue weighted by atomic mass is 35.5. The number of halogens is 1. The molecule has 0 spiro atoms. The van der Waals surface area contributed by atoms with Crippen LogP contribution in [-0.4, -0.2) is 36.5 Å². The predicted octanol–water partition coefficient (Wildman–Crippen LogP) is 2.20. The molecule has 2 aliphatic rings. The molecule has 0 aromatic carbocycles. The van der Waals surface area contributed by atoms with Gasteiger partial charge in [0.05, 0.1) is 6.04 Å². The molecule has 1 aliphatic carbocycles. The Morgan fingerprint density at radius 2 is 2.06 bits per heavy atom. The standard InChI is InChI=1S/C13H24N2O.ClH/c1-2-9-15(10-11-6-7-11)13(16)12-5-3-4-8-14-12;/h11-12,14H,2-10H2,1H3;1H. The van der Waals surface area contributed by atoms with Gasteiger partial charge in [-0.25, -0.2) is 0 Å². The van der Waals surface area contributed by atoms with E-state index in [1.165, 1.54) is 25.7 Å². The van der Waals surface area contributed by atoms with Crippen molar-refractivity contribution in [3.05, 3.63) is 0 Å². The van der Waals surface area contributed by atoms with Gasteiger partial charge in [-0.2, -0.15) is 0 Å². The van der Waals surface area contributed by atoms with Gasteiger partial charge in [0.25, 0.3) is 0 Å². The van der Waals surface area contributed by atoms with Crippen LogP contribution in [0.15, 0.2) is 0 Å². The van der Waals surface area contributed by atoms with Crippen molar-refractivity contribution in [2.75, 3.05) is 19.6 Å². The van der Waals surface area contributed by atoms with E-state index >= 15 is 0 Å². The Bertz CT molecular complexity index is 238. The van der Waals surface area contributed by atoms with Gasteiger partial charge in [-0.05, 0) is 44.6 Å². The predicted molar refractivity (Wildman–Crippen MR) is 72.5 cm³/mol. The van der Waals surface area contributed by atoms with Gasteiger partial charge < -0.3 is 10.2 Å². The minimum Gasteiger partial charge on any atom is -0.341 e. The topological polar surface area (TPSA) is 32.3 Å². The number of carbonyl (C=O) groups is 1. The quantitative estimate of drug-likeness (QED) is 0.822. The summed E-state index contributed by atoms with van der Waals surface area (Å²) >= 11 is 0. The fraction of sp³-hybridized carbons (Fsp3) is 0.923. The molecule has 4 heteroatoms. The van der Waals surface area contributed by atoms with Crippen LogP contribution in [-0.2, 0) is 4.79 Å². The molecule has 0 bridgehead atoms. The van der Waals surface area contributed by atoms with Gasteiger partial charge in [-0.15, -0.1) is 12.4 Å². The molecule has 2 rings (SSSR count). The maximum Gasteiger partial charge on any atom is 0.239 e. The van der Waals surface area contributed by atoms with Crippen molar-refractivity contribution in [3.63, 3.8) is 0 Å². The molecular formula is C13H25ClN2O. The Kier molecular flexibility index (Phi) is 6.28. The van der Waals surface area contributed by atoms with Gasteiger partial charge in [0, 0.05) is 13.1 Å². The minimum absolute atomic E-state index is 0. The number of amides is 1. The summed E-state index contributed by atoms with van der Waals surface area (Å²) in [5.74, 6) is 1.16. The first kappa shape index (κ1) is 14.8. The molecule has 1 unspecified atom stereocenters. The molecule has 0 aromatic rings. The highest BCUT2D eigenvalue weighted by molar-refractivity contribution is 5.85. The monoisotopic (exact) mass is 260 g/mol. The van der Waals surface area contributed by atoms with Crippen LogP contribution >= 0.6 is 12.4 Å². The zero-order valence-electron chi connectivity index (χ0n) is 10.8. The van der Waals surface area contributed by atoms with Crippen molar-refractivity contribution in [2.45, 2.75) is 51.5 Å². The number of hydrogen-bond donors (Lipinski definition) is 1. The van der Waals surface area contributed by atoms with Crippen molar-refractivity contribution in [1.29, 1.82) is 0 Å². The van der Waals surface area contributed by atoms with Crippen LogP contribution in [0, 0.1) is 5.92 Å². The van der Waals surface area contributed by atoms with E-state index in [-0.39, 0.29) is 18.4 Å². The maximum atomic E-state index is 12.3. The van der Waals surface area contributed by atoms with Gasteiger partial charge in [0.1, 0.15) is 0 Å². The highest BCUT2D eigenvalue weighted by Gasteiger charge is 2.30. The average Bonchev–Trinajstić information content (AvgIpc) is 3.13. The van der Waals surface area contributed by atoms with Crippen molar-refractivity contribution in [3.8, 4) is 0 Å². The molecule has 100 valence electrons. The third-order valence-corrected chi connectivity index (χ3v) is 3.59. The summed E-state index contributed by atoms with van der Waals surface area (Å²) in [6, 6.07) is 0.110. The molecule has 1 amide bonds. The molecular weight excluding hydrogens is 236 g/mol. The van der Waals surface area contributed by atoms with E-state index in [2.05, 4.69) is 17.1 Å². The van der Waals surface area contributed by atoms with E-state index in [0.717, 1.165) is 38.4 Å².